The Morgan fingerprint density at radius 3 is 2.63 bits per heavy atom. The summed E-state index contributed by atoms with van der Waals surface area (Å²) in [4.78, 5) is 23.3. The van der Waals surface area contributed by atoms with Crippen LogP contribution in [0.2, 0.25) is 0 Å². The van der Waals surface area contributed by atoms with E-state index in [2.05, 4.69) is 5.10 Å². The SMILES string of the molecule is COc1ccc(OC)c(C(=O)/C=C/c2ccc(Cn3nc(C)c([N+](=O)[O-])c3C)o2)c1. The number of carbonyl (C=O) groups is 1. The van der Waals surface area contributed by atoms with Crippen LogP contribution < -0.4 is 9.47 Å². The van der Waals surface area contributed by atoms with Gasteiger partial charge in [0.1, 0.15) is 34.4 Å². The summed E-state index contributed by atoms with van der Waals surface area (Å²) in [7, 11) is 3.01. The van der Waals surface area contributed by atoms with Gasteiger partial charge in [0.2, 0.25) is 0 Å². The fourth-order valence-corrected chi connectivity index (χ4v) is 3.08. The van der Waals surface area contributed by atoms with E-state index in [0.717, 1.165) is 0 Å². The molecule has 0 unspecified atom stereocenters. The number of methoxy groups -OCH3 is 2. The molecule has 0 aliphatic rings. The second kappa shape index (κ2) is 8.64. The predicted octanol–water partition coefficient (Wildman–Crippen LogP) is 3.96. The number of rotatable bonds is 8. The van der Waals surface area contributed by atoms with Gasteiger partial charge in [0.15, 0.2) is 5.78 Å². The van der Waals surface area contributed by atoms with Crippen LogP contribution in [0.25, 0.3) is 6.08 Å². The number of aromatic nitrogens is 2. The van der Waals surface area contributed by atoms with Crippen LogP contribution in [-0.2, 0) is 6.54 Å². The first-order valence-corrected chi connectivity index (χ1v) is 9.05. The second-order valence-electron chi connectivity index (χ2n) is 6.50. The van der Waals surface area contributed by atoms with Gasteiger partial charge in [0.25, 0.3) is 0 Å². The van der Waals surface area contributed by atoms with Gasteiger partial charge in [-0.1, -0.05) is 0 Å². The number of nitrogens with zero attached hydrogens (tertiary/aromatic N) is 3. The lowest BCUT2D eigenvalue weighted by Gasteiger charge is -2.07. The Morgan fingerprint density at radius 2 is 2.00 bits per heavy atom. The van der Waals surface area contributed by atoms with Crippen LogP contribution in [0.1, 0.15) is 33.3 Å². The van der Waals surface area contributed by atoms with Crippen molar-refractivity contribution in [2.24, 2.45) is 0 Å². The summed E-state index contributed by atoms with van der Waals surface area (Å²) < 4.78 is 17.6. The molecule has 9 heteroatoms. The zero-order chi connectivity index (χ0) is 21.8. The van der Waals surface area contributed by atoms with E-state index in [0.29, 0.717) is 40.0 Å². The number of nitro groups is 1. The van der Waals surface area contributed by atoms with Gasteiger partial charge in [-0.15, -0.1) is 0 Å². The maximum atomic E-state index is 12.6. The lowest BCUT2D eigenvalue weighted by Crippen LogP contribution is -2.03. The maximum Gasteiger partial charge on any atom is 0.312 e. The van der Waals surface area contributed by atoms with Crippen LogP contribution in [0.3, 0.4) is 0 Å². The van der Waals surface area contributed by atoms with Gasteiger partial charge in [-0.3, -0.25) is 19.6 Å². The minimum atomic E-state index is -0.442. The molecule has 3 rings (SSSR count). The quantitative estimate of drug-likeness (QED) is 0.239. The molecule has 0 N–H and O–H groups in total. The smallest absolute Gasteiger partial charge is 0.312 e. The summed E-state index contributed by atoms with van der Waals surface area (Å²) in [5.41, 5.74) is 1.17. The molecule has 0 bridgehead atoms. The standard InChI is InChI=1S/C21H21N3O6/c1-13-21(24(26)27)14(2)23(22-13)12-17-6-5-15(30-17)7-9-19(25)18-11-16(28-3)8-10-20(18)29-4/h5-11H,12H2,1-4H3/b9-7+. The zero-order valence-electron chi connectivity index (χ0n) is 17.0. The van der Waals surface area contributed by atoms with Crippen molar-refractivity contribution in [2.45, 2.75) is 20.4 Å². The molecule has 30 heavy (non-hydrogen) atoms. The summed E-state index contributed by atoms with van der Waals surface area (Å²) in [6.07, 6.45) is 2.93. The van der Waals surface area contributed by atoms with Gasteiger partial charge in [-0.2, -0.15) is 5.10 Å². The van der Waals surface area contributed by atoms with Crippen LogP contribution in [0, 0.1) is 24.0 Å². The highest BCUT2D eigenvalue weighted by Crippen LogP contribution is 2.25. The summed E-state index contributed by atoms with van der Waals surface area (Å²) in [5, 5.41) is 15.3. The number of furan rings is 1. The first-order chi connectivity index (χ1) is 14.3. The summed E-state index contributed by atoms with van der Waals surface area (Å²) in [6.45, 7) is 3.48. The molecule has 0 saturated heterocycles. The monoisotopic (exact) mass is 411 g/mol. The summed E-state index contributed by atoms with van der Waals surface area (Å²) >= 11 is 0. The molecule has 0 aliphatic heterocycles. The Balaban J connectivity index is 1.76. The van der Waals surface area contributed by atoms with Crippen molar-refractivity contribution in [3.63, 3.8) is 0 Å². The first kappa shape index (κ1) is 20.8. The van der Waals surface area contributed by atoms with Gasteiger partial charge in [-0.25, -0.2) is 0 Å². The largest absolute Gasteiger partial charge is 0.497 e. The van der Waals surface area contributed by atoms with Crippen LogP contribution >= 0.6 is 0 Å². The third-order valence-electron chi connectivity index (χ3n) is 4.58. The summed E-state index contributed by atoms with van der Waals surface area (Å²) in [6, 6.07) is 8.43. The Morgan fingerprint density at radius 1 is 1.23 bits per heavy atom. The molecule has 3 aromatic rings. The van der Waals surface area contributed by atoms with Crippen LogP contribution in [0.4, 0.5) is 5.69 Å². The maximum absolute atomic E-state index is 12.6. The van der Waals surface area contributed by atoms with Crippen LogP contribution in [0.15, 0.2) is 40.8 Å². The number of carbonyl (C=O) groups excluding carboxylic acids is 1. The number of ketones is 1. The normalized spacial score (nSPS) is 11.1. The van der Waals surface area contributed by atoms with Crippen molar-refractivity contribution in [3.05, 3.63) is 75.0 Å². The third-order valence-corrected chi connectivity index (χ3v) is 4.58. The van der Waals surface area contributed by atoms with Gasteiger partial charge >= 0.3 is 5.69 Å². The molecule has 0 spiro atoms. The third kappa shape index (κ3) is 4.24. The van der Waals surface area contributed by atoms with E-state index >= 15 is 0 Å². The highest BCUT2D eigenvalue weighted by atomic mass is 16.6. The van der Waals surface area contributed by atoms with Crippen molar-refractivity contribution in [2.75, 3.05) is 14.2 Å². The van der Waals surface area contributed by atoms with Crippen molar-refractivity contribution in [3.8, 4) is 11.5 Å². The van der Waals surface area contributed by atoms with E-state index in [9.17, 15) is 14.9 Å². The highest BCUT2D eigenvalue weighted by Gasteiger charge is 2.22. The zero-order valence-corrected chi connectivity index (χ0v) is 17.0. The van der Waals surface area contributed by atoms with E-state index in [1.165, 1.54) is 25.0 Å². The lowest BCUT2D eigenvalue weighted by molar-refractivity contribution is -0.386. The summed E-state index contributed by atoms with van der Waals surface area (Å²) in [5.74, 6) is 1.75. The van der Waals surface area contributed by atoms with Crippen molar-refractivity contribution in [1.82, 2.24) is 9.78 Å². The lowest BCUT2D eigenvalue weighted by atomic mass is 10.1. The van der Waals surface area contributed by atoms with Gasteiger partial charge in [-0.05, 0) is 56.3 Å². The molecular weight excluding hydrogens is 390 g/mol. The number of hydrogen-bond donors (Lipinski definition) is 0. The van der Waals surface area contributed by atoms with Gasteiger partial charge in [0.05, 0.1) is 31.3 Å². The number of ether oxygens (including phenoxy) is 2. The van der Waals surface area contributed by atoms with E-state index in [1.54, 1.807) is 50.3 Å². The molecule has 0 fully saturated rings. The molecule has 0 aliphatic carbocycles. The molecule has 2 heterocycles. The number of allylic oxidation sites excluding steroid dienone is 1. The molecule has 0 saturated carbocycles. The molecule has 0 atom stereocenters. The van der Waals surface area contributed by atoms with E-state index in [-0.39, 0.29) is 18.0 Å². The Kier molecular flexibility index (Phi) is 6.01. The molecular formula is C21H21N3O6. The van der Waals surface area contributed by atoms with E-state index in [4.69, 9.17) is 13.9 Å². The molecule has 9 nitrogen and oxygen atoms in total. The van der Waals surface area contributed by atoms with E-state index in [1.807, 2.05) is 0 Å². The molecule has 0 radical (unpaired) electrons. The topological polar surface area (TPSA) is 110 Å². The molecule has 2 aromatic heterocycles. The minimum absolute atomic E-state index is 0.000455. The average Bonchev–Trinajstić information content (AvgIpc) is 3.29. The first-order valence-electron chi connectivity index (χ1n) is 9.05. The number of benzene rings is 1. The van der Waals surface area contributed by atoms with Crippen LogP contribution in [-0.4, -0.2) is 34.7 Å². The second-order valence-corrected chi connectivity index (χ2v) is 6.50. The van der Waals surface area contributed by atoms with E-state index < -0.39 is 4.92 Å². The number of hydrogen-bond acceptors (Lipinski definition) is 7. The highest BCUT2D eigenvalue weighted by molar-refractivity contribution is 6.08. The van der Waals surface area contributed by atoms with Crippen molar-refractivity contribution < 1.29 is 23.6 Å². The fraction of sp³-hybridized carbons (Fsp3) is 0.238. The van der Waals surface area contributed by atoms with Crippen molar-refractivity contribution >= 4 is 17.5 Å². The van der Waals surface area contributed by atoms with Gasteiger partial charge < -0.3 is 13.9 Å². The minimum Gasteiger partial charge on any atom is -0.497 e. The average molecular weight is 411 g/mol. The molecule has 156 valence electrons. The molecule has 1 aromatic carbocycles. The van der Waals surface area contributed by atoms with Crippen molar-refractivity contribution in [1.29, 1.82) is 0 Å². The number of aryl methyl sites for hydroxylation is 1. The Labute approximate surface area is 172 Å². The van der Waals surface area contributed by atoms with Gasteiger partial charge in [0, 0.05) is 0 Å². The Hall–Kier alpha value is -3.88. The Bertz CT molecular complexity index is 1130. The fourth-order valence-electron chi connectivity index (χ4n) is 3.08. The molecule has 0 amide bonds. The predicted molar refractivity (Wildman–Crippen MR) is 109 cm³/mol. The van der Waals surface area contributed by atoms with Crippen LogP contribution in [0.5, 0.6) is 11.5 Å².